The van der Waals surface area contributed by atoms with Gasteiger partial charge in [0.1, 0.15) is 0 Å². The van der Waals surface area contributed by atoms with Crippen molar-refractivity contribution in [2.75, 3.05) is 26.1 Å². The summed E-state index contributed by atoms with van der Waals surface area (Å²) in [7, 11) is 1.73. The maximum Gasteiger partial charge on any atom is 0.315 e. The number of rotatable bonds is 10. The van der Waals surface area contributed by atoms with Crippen LogP contribution in [0.1, 0.15) is 38.5 Å². The molecular weight excluding hydrogens is 212 g/mol. The van der Waals surface area contributed by atoms with Crippen LogP contribution in [0.3, 0.4) is 0 Å². The molecule has 0 N–H and O–H groups in total. The molecule has 0 aliphatic carbocycles. The molecule has 0 aromatic heterocycles. The Morgan fingerprint density at radius 1 is 1.00 bits per heavy atom. The number of esters is 1. The third-order valence-corrected chi connectivity index (χ3v) is 2.39. The number of methoxy groups -OCH3 is 1. The van der Waals surface area contributed by atoms with Gasteiger partial charge in [-0.05, 0) is 12.8 Å². The van der Waals surface area contributed by atoms with Gasteiger partial charge in [0, 0.05) is 13.7 Å². The summed E-state index contributed by atoms with van der Waals surface area (Å²) in [6, 6.07) is 0. The Bertz CT molecular complexity index is 151. The molecule has 0 amide bonds. The van der Waals surface area contributed by atoms with Gasteiger partial charge in [0.2, 0.25) is 0 Å². The molecule has 0 radical (unpaired) electrons. The zero-order valence-electron chi connectivity index (χ0n) is 9.54. The van der Waals surface area contributed by atoms with Crippen molar-refractivity contribution < 1.29 is 14.3 Å². The van der Waals surface area contributed by atoms with Crippen LogP contribution in [0.4, 0.5) is 0 Å². The molecule has 0 spiro atoms. The van der Waals surface area contributed by atoms with E-state index in [9.17, 15) is 4.79 Å². The number of carbonyl (C=O) groups is 1. The lowest BCUT2D eigenvalue weighted by Gasteiger charge is -2.03. The highest BCUT2D eigenvalue weighted by Crippen LogP contribution is 2.05. The van der Waals surface area contributed by atoms with Crippen LogP contribution in [-0.2, 0) is 14.3 Å². The first-order valence-electron chi connectivity index (χ1n) is 5.56. The molecule has 0 aromatic rings. The van der Waals surface area contributed by atoms with Crippen molar-refractivity contribution >= 4 is 18.6 Å². The van der Waals surface area contributed by atoms with Crippen molar-refractivity contribution in [2.24, 2.45) is 0 Å². The van der Waals surface area contributed by atoms with Crippen molar-refractivity contribution in [3.8, 4) is 0 Å². The van der Waals surface area contributed by atoms with Crippen molar-refractivity contribution in [3.63, 3.8) is 0 Å². The van der Waals surface area contributed by atoms with E-state index in [1.54, 1.807) is 7.11 Å². The van der Waals surface area contributed by atoms with Gasteiger partial charge in [-0.3, -0.25) is 4.79 Å². The highest BCUT2D eigenvalue weighted by atomic mass is 32.1. The Hall–Kier alpha value is -0.220. The largest absolute Gasteiger partial charge is 0.465 e. The second kappa shape index (κ2) is 11.9. The summed E-state index contributed by atoms with van der Waals surface area (Å²) in [4.78, 5) is 10.7. The third kappa shape index (κ3) is 11.7. The molecule has 0 bridgehead atoms. The predicted molar refractivity (Wildman–Crippen MR) is 64.4 cm³/mol. The predicted octanol–water partition coefficient (Wildman–Crippen LogP) is 2.45. The zero-order valence-corrected chi connectivity index (χ0v) is 10.4. The van der Waals surface area contributed by atoms with Gasteiger partial charge in [-0.1, -0.05) is 25.7 Å². The Kier molecular flexibility index (Phi) is 11.7. The minimum atomic E-state index is -0.224. The highest BCUT2D eigenvalue weighted by molar-refractivity contribution is 7.81. The molecule has 0 aliphatic rings. The average Bonchev–Trinajstić information content (AvgIpc) is 2.26. The quantitative estimate of drug-likeness (QED) is 0.358. The topological polar surface area (TPSA) is 35.5 Å². The van der Waals surface area contributed by atoms with Crippen molar-refractivity contribution in [1.82, 2.24) is 0 Å². The number of hydrogen-bond donors (Lipinski definition) is 1. The first-order chi connectivity index (χ1) is 7.31. The van der Waals surface area contributed by atoms with Gasteiger partial charge in [-0.25, -0.2) is 0 Å². The first-order valence-corrected chi connectivity index (χ1v) is 6.20. The monoisotopic (exact) mass is 234 g/mol. The summed E-state index contributed by atoms with van der Waals surface area (Å²) in [5.41, 5.74) is 0. The fourth-order valence-corrected chi connectivity index (χ4v) is 1.38. The number of carbonyl (C=O) groups excluding carboxylic acids is 1. The Morgan fingerprint density at radius 3 is 2.07 bits per heavy atom. The van der Waals surface area contributed by atoms with E-state index in [-0.39, 0.29) is 11.7 Å². The minimum absolute atomic E-state index is 0.178. The summed E-state index contributed by atoms with van der Waals surface area (Å²) in [6.07, 6.45) is 6.91. The first kappa shape index (κ1) is 14.8. The minimum Gasteiger partial charge on any atom is -0.465 e. The number of ether oxygens (including phenoxy) is 2. The second-order valence-electron chi connectivity index (χ2n) is 3.49. The van der Waals surface area contributed by atoms with Crippen LogP contribution in [0, 0.1) is 0 Å². The van der Waals surface area contributed by atoms with Crippen LogP contribution in [0.2, 0.25) is 0 Å². The normalized spacial score (nSPS) is 10.3. The zero-order chi connectivity index (χ0) is 11.4. The van der Waals surface area contributed by atoms with Gasteiger partial charge in [-0.15, -0.1) is 0 Å². The molecular formula is C11H22O3S. The molecule has 0 atom stereocenters. The Morgan fingerprint density at radius 2 is 1.53 bits per heavy atom. The van der Waals surface area contributed by atoms with Crippen LogP contribution >= 0.6 is 12.6 Å². The van der Waals surface area contributed by atoms with Crippen molar-refractivity contribution in [2.45, 2.75) is 38.5 Å². The van der Waals surface area contributed by atoms with Crippen molar-refractivity contribution in [1.29, 1.82) is 0 Å². The molecule has 15 heavy (non-hydrogen) atoms. The van der Waals surface area contributed by atoms with Gasteiger partial charge in [0.05, 0.1) is 12.4 Å². The summed E-state index contributed by atoms with van der Waals surface area (Å²) in [5.74, 6) is -0.0461. The summed E-state index contributed by atoms with van der Waals surface area (Å²) in [5, 5.41) is 0. The molecule has 0 unspecified atom stereocenters. The fourth-order valence-electron chi connectivity index (χ4n) is 1.29. The van der Waals surface area contributed by atoms with Crippen LogP contribution in [0.25, 0.3) is 0 Å². The van der Waals surface area contributed by atoms with Gasteiger partial charge in [0.25, 0.3) is 0 Å². The van der Waals surface area contributed by atoms with Gasteiger partial charge in [-0.2, -0.15) is 12.6 Å². The van der Waals surface area contributed by atoms with E-state index in [0.717, 1.165) is 25.9 Å². The van der Waals surface area contributed by atoms with Gasteiger partial charge < -0.3 is 9.47 Å². The molecule has 0 aromatic carbocycles. The van der Waals surface area contributed by atoms with Crippen LogP contribution in [0.5, 0.6) is 0 Å². The second-order valence-corrected chi connectivity index (χ2v) is 3.81. The fraction of sp³-hybridized carbons (Fsp3) is 0.909. The lowest BCUT2D eigenvalue weighted by molar-refractivity contribution is -0.140. The van der Waals surface area contributed by atoms with E-state index in [1.165, 1.54) is 19.3 Å². The molecule has 90 valence electrons. The van der Waals surface area contributed by atoms with Crippen LogP contribution in [-0.4, -0.2) is 32.0 Å². The van der Waals surface area contributed by atoms with E-state index >= 15 is 0 Å². The lowest BCUT2D eigenvalue weighted by atomic mass is 10.1. The van der Waals surface area contributed by atoms with E-state index in [0.29, 0.717) is 6.61 Å². The van der Waals surface area contributed by atoms with Crippen LogP contribution < -0.4 is 0 Å². The summed E-state index contributed by atoms with van der Waals surface area (Å²) in [6.45, 7) is 1.40. The van der Waals surface area contributed by atoms with Gasteiger partial charge in [0.15, 0.2) is 0 Å². The standard InChI is InChI=1S/C11H22O3S/c1-13-8-6-4-2-3-5-7-9-14-11(12)10-15/h15H,2-10H2,1H3. The van der Waals surface area contributed by atoms with Gasteiger partial charge >= 0.3 is 5.97 Å². The molecule has 3 nitrogen and oxygen atoms in total. The molecule has 0 heterocycles. The molecule has 0 saturated carbocycles. The number of unbranched alkanes of at least 4 members (excludes halogenated alkanes) is 5. The molecule has 0 fully saturated rings. The molecule has 0 aliphatic heterocycles. The SMILES string of the molecule is COCCCCCCCCOC(=O)CS. The smallest absolute Gasteiger partial charge is 0.315 e. The van der Waals surface area contributed by atoms with Crippen molar-refractivity contribution in [3.05, 3.63) is 0 Å². The van der Waals surface area contributed by atoms with E-state index in [2.05, 4.69) is 12.6 Å². The molecule has 4 heteroatoms. The third-order valence-electron chi connectivity index (χ3n) is 2.13. The van der Waals surface area contributed by atoms with E-state index in [4.69, 9.17) is 9.47 Å². The van der Waals surface area contributed by atoms with E-state index in [1.807, 2.05) is 0 Å². The summed E-state index contributed by atoms with van der Waals surface area (Å²) < 4.78 is 9.86. The highest BCUT2D eigenvalue weighted by Gasteiger charge is 1.97. The summed E-state index contributed by atoms with van der Waals surface area (Å²) >= 11 is 3.82. The lowest BCUT2D eigenvalue weighted by Crippen LogP contribution is -2.06. The van der Waals surface area contributed by atoms with Crippen LogP contribution in [0.15, 0.2) is 0 Å². The maximum atomic E-state index is 10.7. The molecule has 0 rings (SSSR count). The number of hydrogen-bond acceptors (Lipinski definition) is 4. The van der Waals surface area contributed by atoms with E-state index < -0.39 is 0 Å². The number of thiol groups is 1. The Labute approximate surface area is 97.9 Å². The maximum absolute atomic E-state index is 10.7. The Balaban J connectivity index is 2.95. The average molecular weight is 234 g/mol. The molecule has 0 saturated heterocycles.